The molecule has 1 N–H and O–H groups in total. The van der Waals surface area contributed by atoms with E-state index in [9.17, 15) is 5.21 Å². The van der Waals surface area contributed by atoms with Gasteiger partial charge in [0.1, 0.15) is 0 Å². The molecule has 118 valence electrons. The Hall–Kier alpha value is -2.04. The summed E-state index contributed by atoms with van der Waals surface area (Å²) >= 11 is 0. The molecule has 0 spiro atoms. The topological polar surface area (TPSA) is 30.0 Å². The van der Waals surface area contributed by atoms with Crippen LogP contribution in [0.25, 0.3) is 0 Å². The van der Waals surface area contributed by atoms with E-state index in [1.165, 1.54) is 5.06 Å². The minimum absolute atomic E-state index is 0.174. The van der Waals surface area contributed by atoms with Crippen LogP contribution in [0.15, 0.2) is 48.5 Å². The van der Waals surface area contributed by atoms with Gasteiger partial charge in [0, 0.05) is 46.6 Å². The number of rotatable bonds is 5. The Morgan fingerprint density at radius 1 is 0.636 bits per heavy atom. The van der Waals surface area contributed by atoms with Crippen LogP contribution in [0, 0.1) is 0 Å². The van der Waals surface area contributed by atoms with Gasteiger partial charge in [0.05, 0.1) is 6.04 Å². The van der Waals surface area contributed by atoms with E-state index >= 15 is 0 Å². The summed E-state index contributed by atoms with van der Waals surface area (Å²) in [5.41, 5.74) is 4.42. The van der Waals surface area contributed by atoms with Gasteiger partial charge in [-0.15, -0.1) is 0 Å². The van der Waals surface area contributed by atoms with Crippen LogP contribution in [0.4, 0.5) is 11.4 Å². The van der Waals surface area contributed by atoms with Crippen LogP contribution in [-0.4, -0.2) is 45.5 Å². The first-order chi connectivity index (χ1) is 10.4. The quantitative estimate of drug-likeness (QED) is 0.859. The summed E-state index contributed by atoms with van der Waals surface area (Å²) in [5, 5.41) is 11.3. The summed E-state index contributed by atoms with van der Waals surface area (Å²) < 4.78 is 0. The molecule has 4 heteroatoms. The predicted octanol–water partition coefficient (Wildman–Crippen LogP) is 3.23. The van der Waals surface area contributed by atoms with Gasteiger partial charge in [0.25, 0.3) is 0 Å². The highest BCUT2D eigenvalue weighted by Crippen LogP contribution is 2.29. The first-order valence-electron chi connectivity index (χ1n) is 7.36. The van der Waals surface area contributed by atoms with Crippen LogP contribution in [-0.2, 0) is 0 Å². The van der Waals surface area contributed by atoms with Gasteiger partial charge in [-0.25, -0.2) is 0 Å². The molecule has 0 fully saturated rings. The summed E-state index contributed by atoms with van der Waals surface area (Å²) in [6.07, 6.45) is 0. The Morgan fingerprint density at radius 2 is 0.955 bits per heavy atom. The van der Waals surface area contributed by atoms with Crippen molar-refractivity contribution in [2.45, 2.75) is 6.04 Å². The molecule has 0 aliphatic rings. The van der Waals surface area contributed by atoms with E-state index in [4.69, 9.17) is 0 Å². The summed E-state index contributed by atoms with van der Waals surface area (Å²) in [7, 11) is 9.76. The molecule has 0 bridgehead atoms. The fraction of sp³-hybridized carbons (Fsp3) is 0.333. The molecule has 0 heterocycles. The second kappa shape index (κ2) is 6.81. The Labute approximate surface area is 133 Å². The van der Waals surface area contributed by atoms with Crippen LogP contribution >= 0.6 is 0 Å². The number of hydrogen-bond acceptors (Lipinski definition) is 4. The van der Waals surface area contributed by atoms with Gasteiger partial charge < -0.3 is 15.0 Å². The summed E-state index contributed by atoms with van der Waals surface area (Å²) in [6.45, 7) is 0. The lowest BCUT2D eigenvalue weighted by Gasteiger charge is -2.25. The molecular formula is C18H25N3O. The van der Waals surface area contributed by atoms with Gasteiger partial charge in [-0.3, -0.25) is 0 Å². The van der Waals surface area contributed by atoms with Crippen LogP contribution in [0.2, 0.25) is 0 Å². The maximum absolute atomic E-state index is 10.1. The van der Waals surface area contributed by atoms with Crippen molar-refractivity contribution in [2.75, 3.05) is 45.0 Å². The van der Waals surface area contributed by atoms with Crippen LogP contribution in [0.3, 0.4) is 0 Å². The van der Waals surface area contributed by atoms with Crippen molar-refractivity contribution in [3.63, 3.8) is 0 Å². The molecule has 2 rings (SSSR count). The smallest absolute Gasteiger partial charge is 0.0846 e. The van der Waals surface area contributed by atoms with Crippen molar-refractivity contribution in [1.29, 1.82) is 0 Å². The third-order valence-corrected chi connectivity index (χ3v) is 3.82. The number of hydroxylamine groups is 2. The zero-order chi connectivity index (χ0) is 16.3. The minimum atomic E-state index is -0.174. The molecule has 0 aliphatic carbocycles. The van der Waals surface area contributed by atoms with Crippen LogP contribution < -0.4 is 9.80 Å². The van der Waals surface area contributed by atoms with Gasteiger partial charge in [-0.05, 0) is 35.4 Å². The fourth-order valence-electron chi connectivity index (χ4n) is 2.53. The fourth-order valence-corrected chi connectivity index (χ4v) is 2.53. The lowest BCUT2D eigenvalue weighted by Crippen LogP contribution is -2.22. The zero-order valence-corrected chi connectivity index (χ0v) is 14.0. The molecule has 0 unspecified atom stereocenters. The highest BCUT2D eigenvalue weighted by atomic mass is 16.5. The number of benzene rings is 2. The summed E-state index contributed by atoms with van der Waals surface area (Å²) in [5.74, 6) is 0. The molecule has 2 aromatic rings. The van der Waals surface area contributed by atoms with E-state index in [1.807, 2.05) is 28.2 Å². The van der Waals surface area contributed by atoms with Crippen molar-refractivity contribution in [1.82, 2.24) is 5.06 Å². The maximum Gasteiger partial charge on any atom is 0.0846 e. The molecule has 0 aromatic heterocycles. The Morgan fingerprint density at radius 3 is 1.18 bits per heavy atom. The van der Waals surface area contributed by atoms with E-state index in [0.717, 1.165) is 22.5 Å². The average Bonchev–Trinajstić information content (AvgIpc) is 2.48. The van der Waals surface area contributed by atoms with Gasteiger partial charge in [0.15, 0.2) is 0 Å². The molecule has 4 nitrogen and oxygen atoms in total. The molecule has 0 radical (unpaired) electrons. The van der Waals surface area contributed by atoms with Crippen LogP contribution in [0.5, 0.6) is 0 Å². The van der Waals surface area contributed by atoms with Crippen molar-refractivity contribution in [3.8, 4) is 0 Å². The Balaban J connectivity index is 2.33. The lowest BCUT2D eigenvalue weighted by atomic mass is 9.98. The molecule has 0 amide bonds. The third-order valence-electron chi connectivity index (χ3n) is 3.82. The predicted molar refractivity (Wildman–Crippen MR) is 92.9 cm³/mol. The van der Waals surface area contributed by atoms with E-state index in [1.54, 1.807) is 7.05 Å². The van der Waals surface area contributed by atoms with Crippen LogP contribution in [0.1, 0.15) is 17.2 Å². The summed E-state index contributed by atoms with van der Waals surface area (Å²) in [6, 6.07) is 16.4. The van der Waals surface area contributed by atoms with Crippen molar-refractivity contribution in [2.24, 2.45) is 0 Å². The van der Waals surface area contributed by atoms with Gasteiger partial charge in [-0.1, -0.05) is 24.3 Å². The summed E-state index contributed by atoms with van der Waals surface area (Å²) in [4.78, 5) is 4.13. The standard InChI is InChI=1S/C18H25N3O/c1-19(2)16-10-6-14(7-11-16)18(21(5)22)15-8-12-17(13-9-15)20(3)4/h6-13,18,22H,1-5H3. The van der Waals surface area contributed by atoms with Crippen molar-refractivity contribution in [3.05, 3.63) is 59.7 Å². The number of anilines is 2. The maximum atomic E-state index is 10.1. The molecule has 0 atom stereocenters. The SMILES string of the molecule is CN(C)c1ccc(C(c2ccc(N(C)C)cc2)N(C)O)cc1. The first-order valence-corrected chi connectivity index (χ1v) is 7.36. The Bertz CT molecular complexity index is 537. The molecular weight excluding hydrogens is 274 g/mol. The molecule has 0 saturated heterocycles. The van der Waals surface area contributed by atoms with Crippen molar-refractivity contribution >= 4 is 11.4 Å². The van der Waals surface area contributed by atoms with Gasteiger partial charge >= 0.3 is 0 Å². The average molecular weight is 299 g/mol. The number of hydrogen-bond donors (Lipinski definition) is 1. The van der Waals surface area contributed by atoms with E-state index < -0.39 is 0 Å². The lowest BCUT2D eigenvalue weighted by molar-refractivity contribution is -0.0916. The molecule has 0 saturated carbocycles. The first kappa shape index (κ1) is 16.3. The third kappa shape index (κ3) is 3.59. The van der Waals surface area contributed by atoms with E-state index in [0.29, 0.717) is 0 Å². The van der Waals surface area contributed by atoms with E-state index in [2.05, 4.69) is 58.3 Å². The molecule has 0 aliphatic heterocycles. The molecule has 22 heavy (non-hydrogen) atoms. The second-order valence-electron chi connectivity index (χ2n) is 5.95. The Kier molecular flexibility index (Phi) is 5.06. The monoisotopic (exact) mass is 299 g/mol. The van der Waals surface area contributed by atoms with Gasteiger partial charge in [-0.2, -0.15) is 5.06 Å². The van der Waals surface area contributed by atoms with Crippen molar-refractivity contribution < 1.29 is 5.21 Å². The zero-order valence-electron chi connectivity index (χ0n) is 14.0. The largest absolute Gasteiger partial charge is 0.378 e. The highest BCUT2D eigenvalue weighted by molar-refractivity contribution is 5.50. The normalized spacial score (nSPS) is 11.1. The van der Waals surface area contributed by atoms with Gasteiger partial charge in [0.2, 0.25) is 0 Å². The van der Waals surface area contributed by atoms with E-state index in [-0.39, 0.29) is 6.04 Å². The number of nitrogens with zero attached hydrogens (tertiary/aromatic N) is 3. The second-order valence-corrected chi connectivity index (χ2v) is 5.95. The molecule has 2 aromatic carbocycles. The highest BCUT2D eigenvalue weighted by Gasteiger charge is 2.18. The minimum Gasteiger partial charge on any atom is -0.378 e.